The quantitative estimate of drug-likeness (QED) is 0.854. The second-order valence-corrected chi connectivity index (χ2v) is 6.57. The molecule has 0 saturated carbocycles. The van der Waals surface area contributed by atoms with E-state index in [0.29, 0.717) is 6.04 Å². The molecule has 0 aliphatic carbocycles. The first-order chi connectivity index (χ1) is 9.00. The minimum Gasteiger partial charge on any atom is -0.341 e. The third-order valence-electron chi connectivity index (χ3n) is 3.86. The zero-order valence-corrected chi connectivity index (χ0v) is 13.0. The van der Waals surface area contributed by atoms with Crippen molar-refractivity contribution in [1.82, 2.24) is 14.7 Å². The Hall–Kier alpha value is -0.970. The second kappa shape index (κ2) is 5.99. The molecule has 1 aliphatic heterocycles. The molecule has 19 heavy (non-hydrogen) atoms. The van der Waals surface area contributed by atoms with Crippen LogP contribution in [0.3, 0.4) is 0 Å². The van der Waals surface area contributed by atoms with Gasteiger partial charge in [-0.05, 0) is 51.2 Å². The lowest BCUT2D eigenvalue weighted by Gasteiger charge is -2.33. The minimum absolute atomic E-state index is 0.170. The average molecular weight is 281 g/mol. The Balaban J connectivity index is 2.07. The highest BCUT2D eigenvalue weighted by Gasteiger charge is 2.27. The highest BCUT2D eigenvalue weighted by molar-refractivity contribution is 7.99. The Morgan fingerprint density at radius 3 is 2.63 bits per heavy atom. The Labute approximate surface area is 119 Å². The molecule has 0 unspecified atom stereocenters. The van der Waals surface area contributed by atoms with Gasteiger partial charge in [0.05, 0.1) is 5.69 Å². The zero-order valence-electron chi connectivity index (χ0n) is 12.2. The number of rotatable bonds is 3. The molecule has 1 saturated heterocycles. The van der Waals surface area contributed by atoms with Crippen molar-refractivity contribution >= 4 is 17.7 Å². The van der Waals surface area contributed by atoms with Crippen LogP contribution in [0.5, 0.6) is 0 Å². The summed E-state index contributed by atoms with van der Waals surface area (Å²) in [7, 11) is 1.94. The van der Waals surface area contributed by atoms with E-state index in [2.05, 4.69) is 5.10 Å². The molecule has 4 nitrogen and oxygen atoms in total. The van der Waals surface area contributed by atoms with E-state index in [1.54, 1.807) is 0 Å². The van der Waals surface area contributed by atoms with Gasteiger partial charge < -0.3 is 4.90 Å². The van der Waals surface area contributed by atoms with Crippen LogP contribution in [0, 0.1) is 13.8 Å². The van der Waals surface area contributed by atoms with Crippen molar-refractivity contribution in [3.8, 4) is 0 Å². The van der Waals surface area contributed by atoms with Gasteiger partial charge in [0.25, 0.3) is 0 Å². The summed E-state index contributed by atoms with van der Waals surface area (Å²) in [5.41, 5.74) is 2.01. The maximum absolute atomic E-state index is 12.6. The summed E-state index contributed by atoms with van der Waals surface area (Å²) in [4.78, 5) is 14.5. The van der Waals surface area contributed by atoms with Gasteiger partial charge in [0.1, 0.15) is 6.04 Å². The van der Waals surface area contributed by atoms with E-state index in [1.165, 1.54) is 0 Å². The van der Waals surface area contributed by atoms with E-state index in [-0.39, 0.29) is 11.9 Å². The molecule has 0 N–H and O–H groups in total. The zero-order chi connectivity index (χ0) is 14.0. The highest BCUT2D eigenvalue weighted by Crippen LogP contribution is 2.23. The molecule has 0 radical (unpaired) electrons. The molecular weight excluding hydrogens is 258 g/mol. The van der Waals surface area contributed by atoms with Crippen molar-refractivity contribution in [2.75, 3.05) is 18.6 Å². The molecule has 1 fully saturated rings. The molecular formula is C14H23N3OS. The van der Waals surface area contributed by atoms with Gasteiger partial charge in [0.15, 0.2) is 0 Å². The van der Waals surface area contributed by atoms with Gasteiger partial charge >= 0.3 is 0 Å². The molecule has 1 aliphatic rings. The third kappa shape index (κ3) is 3.14. The summed E-state index contributed by atoms with van der Waals surface area (Å²) in [6.45, 7) is 5.90. The molecule has 0 aromatic carbocycles. The molecule has 1 aromatic rings. The van der Waals surface area contributed by atoms with Crippen molar-refractivity contribution in [1.29, 1.82) is 0 Å². The SMILES string of the molecule is Cc1cc(C)n([C@H](C)C(=O)N(C)C2CCSCC2)n1. The molecule has 0 bridgehead atoms. The number of carbonyl (C=O) groups is 1. The molecule has 0 spiro atoms. The fourth-order valence-electron chi connectivity index (χ4n) is 2.69. The van der Waals surface area contributed by atoms with E-state index in [9.17, 15) is 4.79 Å². The van der Waals surface area contributed by atoms with Crippen LogP contribution in [0.15, 0.2) is 6.07 Å². The largest absolute Gasteiger partial charge is 0.341 e. The van der Waals surface area contributed by atoms with E-state index in [0.717, 1.165) is 35.7 Å². The normalized spacial score (nSPS) is 18.3. The number of likely N-dealkylation sites (N-methyl/N-ethyl adjacent to an activating group) is 1. The summed E-state index contributed by atoms with van der Waals surface area (Å²) in [6, 6.07) is 2.20. The van der Waals surface area contributed by atoms with E-state index in [4.69, 9.17) is 0 Å². The van der Waals surface area contributed by atoms with Gasteiger partial charge in [-0.15, -0.1) is 0 Å². The molecule has 1 aromatic heterocycles. The average Bonchev–Trinajstić information content (AvgIpc) is 2.76. The smallest absolute Gasteiger partial charge is 0.247 e. The standard InChI is InChI=1S/C14H23N3OS/c1-10-9-11(2)17(15-10)12(3)14(18)16(4)13-5-7-19-8-6-13/h9,12-13H,5-8H2,1-4H3/t12-/m1/s1. The minimum atomic E-state index is -0.215. The Morgan fingerprint density at radius 1 is 1.47 bits per heavy atom. The topological polar surface area (TPSA) is 38.1 Å². The van der Waals surface area contributed by atoms with E-state index < -0.39 is 0 Å². The number of thioether (sulfide) groups is 1. The van der Waals surface area contributed by atoms with Gasteiger partial charge in [-0.3, -0.25) is 9.48 Å². The Bertz CT molecular complexity index is 452. The van der Waals surface area contributed by atoms with Crippen molar-refractivity contribution in [3.05, 3.63) is 17.5 Å². The number of aromatic nitrogens is 2. The molecule has 106 valence electrons. The molecule has 1 amide bonds. The Morgan fingerprint density at radius 2 is 2.11 bits per heavy atom. The van der Waals surface area contributed by atoms with Crippen molar-refractivity contribution in [2.45, 2.75) is 45.7 Å². The molecule has 2 rings (SSSR count). The third-order valence-corrected chi connectivity index (χ3v) is 4.90. The van der Waals surface area contributed by atoms with E-state index >= 15 is 0 Å². The van der Waals surface area contributed by atoms with Gasteiger partial charge in [0.2, 0.25) is 5.91 Å². The van der Waals surface area contributed by atoms with Crippen LogP contribution in [-0.4, -0.2) is 45.2 Å². The van der Waals surface area contributed by atoms with Gasteiger partial charge in [-0.2, -0.15) is 16.9 Å². The summed E-state index contributed by atoms with van der Waals surface area (Å²) in [6.07, 6.45) is 2.22. The maximum Gasteiger partial charge on any atom is 0.247 e. The van der Waals surface area contributed by atoms with Crippen LogP contribution >= 0.6 is 11.8 Å². The number of hydrogen-bond donors (Lipinski definition) is 0. The monoisotopic (exact) mass is 281 g/mol. The van der Waals surface area contributed by atoms with Crippen LogP contribution < -0.4 is 0 Å². The maximum atomic E-state index is 12.6. The van der Waals surface area contributed by atoms with Crippen LogP contribution in [0.4, 0.5) is 0 Å². The lowest BCUT2D eigenvalue weighted by atomic mass is 10.1. The van der Waals surface area contributed by atoms with Crippen LogP contribution in [0.2, 0.25) is 0 Å². The van der Waals surface area contributed by atoms with E-state index in [1.807, 2.05) is 55.2 Å². The number of carbonyl (C=O) groups excluding carboxylic acids is 1. The first-order valence-corrected chi connectivity index (χ1v) is 8.03. The van der Waals surface area contributed by atoms with Crippen molar-refractivity contribution < 1.29 is 4.79 Å². The van der Waals surface area contributed by atoms with Crippen LogP contribution in [0.25, 0.3) is 0 Å². The lowest BCUT2D eigenvalue weighted by Crippen LogP contribution is -2.42. The lowest BCUT2D eigenvalue weighted by molar-refractivity contribution is -0.135. The van der Waals surface area contributed by atoms with Crippen LogP contribution in [0.1, 0.15) is 37.2 Å². The summed E-state index contributed by atoms with van der Waals surface area (Å²) < 4.78 is 1.84. The first-order valence-electron chi connectivity index (χ1n) is 6.88. The molecule has 2 heterocycles. The van der Waals surface area contributed by atoms with Gasteiger partial charge in [-0.1, -0.05) is 0 Å². The Kier molecular flexibility index (Phi) is 4.55. The van der Waals surface area contributed by atoms with Crippen molar-refractivity contribution in [2.24, 2.45) is 0 Å². The predicted octanol–water partition coefficient (Wildman–Crippen LogP) is 2.41. The number of aryl methyl sites for hydroxylation is 2. The first kappa shape index (κ1) is 14.4. The fourth-order valence-corrected chi connectivity index (χ4v) is 3.77. The predicted molar refractivity (Wildman–Crippen MR) is 79.5 cm³/mol. The summed E-state index contributed by atoms with van der Waals surface area (Å²) in [5.74, 6) is 2.50. The van der Waals surface area contributed by atoms with Crippen molar-refractivity contribution in [3.63, 3.8) is 0 Å². The summed E-state index contributed by atoms with van der Waals surface area (Å²) in [5, 5.41) is 4.42. The number of amides is 1. The van der Waals surface area contributed by atoms with Gasteiger partial charge in [0, 0.05) is 18.8 Å². The van der Waals surface area contributed by atoms with Gasteiger partial charge in [-0.25, -0.2) is 0 Å². The second-order valence-electron chi connectivity index (χ2n) is 5.34. The molecule has 5 heteroatoms. The van der Waals surface area contributed by atoms with Crippen LogP contribution in [-0.2, 0) is 4.79 Å². The number of hydrogen-bond acceptors (Lipinski definition) is 3. The number of nitrogens with zero attached hydrogens (tertiary/aromatic N) is 3. The highest BCUT2D eigenvalue weighted by atomic mass is 32.2. The fraction of sp³-hybridized carbons (Fsp3) is 0.714. The summed E-state index contributed by atoms with van der Waals surface area (Å²) >= 11 is 1.98. The molecule has 1 atom stereocenters.